The number of nitrogens with one attached hydrogen (secondary N) is 1. The maximum absolute atomic E-state index is 12.2. The molecule has 0 saturated carbocycles. The minimum Gasteiger partial charge on any atom is -0.492 e. The molecule has 31 heavy (non-hydrogen) atoms. The van der Waals surface area contributed by atoms with Crippen LogP contribution in [0, 0.1) is 6.92 Å². The molecule has 0 unspecified atom stereocenters. The summed E-state index contributed by atoms with van der Waals surface area (Å²) in [7, 11) is 0. The van der Waals surface area contributed by atoms with E-state index in [0.29, 0.717) is 25.4 Å². The number of ether oxygens (including phenoxy) is 1. The molecule has 2 heterocycles. The first-order chi connectivity index (χ1) is 15.2. The quantitative estimate of drug-likeness (QED) is 0.417. The molecule has 158 valence electrons. The number of amides is 1. The summed E-state index contributed by atoms with van der Waals surface area (Å²) < 4.78 is 8.17. The fourth-order valence-electron chi connectivity index (χ4n) is 3.56. The molecule has 0 aliphatic rings. The highest BCUT2D eigenvalue weighted by Gasteiger charge is 2.11. The molecule has 0 aliphatic heterocycles. The highest BCUT2D eigenvalue weighted by Crippen LogP contribution is 2.18. The molecule has 4 aromatic rings. The van der Waals surface area contributed by atoms with Gasteiger partial charge in [-0.15, -0.1) is 0 Å². The fourth-order valence-corrected chi connectivity index (χ4v) is 3.56. The number of carbonyl (C=O) groups is 1. The van der Waals surface area contributed by atoms with E-state index in [1.807, 2.05) is 42.5 Å². The topological polar surface area (TPSA) is 69.0 Å². The smallest absolute Gasteiger partial charge is 0.269 e. The van der Waals surface area contributed by atoms with Crippen LogP contribution in [0.4, 0.5) is 0 Å². The number of fused-ring (bicyclic) bond motifs is 1. The highest BCUT2D eigenvalue weighted by molar-refractivity contribution is 5.92. The molecule has 6 heteroatoms. The monoisotopic (exact) mass is 414 g/mol. The first kappa shape index (κ1) is 20.6. The number of rotatable bonds is 9. The molecule has 1 amide bonds. The molecule has 0 atom stereocenters. The van der Waals surface area contributed by atoms with Crippen molar-refractivity contribution < 1.29 is 9.53 Å². The first-order valence-corrected chi connectivity index (χ1v) is 10.5. The van der Waals surface area contributed by atoms with E-state index in [9.17, 15) is 4.79 Å². The van der Waals surface area contributed by atoms with E-state index in [-0.39, 0.29) is 5.91 Å². The summed E-state index contributed by atoms with van der Waals surface area (Å²) in [6.07, 6.45) is 3.18. The van der Waals surface area contributed by atoms with E-state index < -0.39 is 0 Å². The number of hydrogen-bond donors (Lipinski definition) is 1. The number of carbonyl (C=O) groups excluding carboxylic acids is 1. The summed E-state index contributed by atoms with van der Waals surface area (Å²) in [6.45, 7) is 3.90. The van der Waals surface area contributed by atoms with Gasteiger partial charge in [0, 0.05) is 19.2 Å². The van der Waals surface area contributed by atoms with Gasteiger partial charge in [0.15, 0.2) is 0 Å². The molecule has 2 aromatic heterocycles. The molecule has 0 bridgehead atoms. The van der Waals surface area contributed by atoms with Gasteiger partial charge in [-0.25, -0.2) is 4.98 Å². The van der Waals surface area contributed by atoms with Crippen molar-refractivity contribution in [1.29, 1.82) is 0 Å². The highest BCUT2D eigenvalue weighted by atomic mass is 16.5. The van der Waals surface area contributed by atoms with Crippen LogP contribution >= 0.6 is 0 Å². The molecule has 0 saturated heterocycles. The molecule has 4 rings (SSSR count). The number of nitrogens with zero attached hydrogens (tertiary/aromatic N) is 3. The van der Waals surface area contributed by atoms with Gasteiger partial charge in [0.05, 0.1) is 17.6 Å². The van der Waals surface area contributed by atoms with Crippen LogP contribution in [0.5, 0.6) is 5.75 Å². The van der Waals surface area contributed by atoms with Gasteiger partial charge in [0.25, 0.3) is 5.91 Å². The van der Waals surface area contributed by atoms with Crippen LogP contribution in [0.2, 0.25) is 0 Å². The molecule has 2 aromatic carbocycles. The molecular weight excluding hydrogens is 388 g/mol. The standard InChI is InChI=1S/C25H26N4O2/c1-19-8-6-9-20(18-19)31-17-16-29-23-12-3-2-10-21(23)28-24(29)13-7-15-27-25(30)22-11-4-5-14-26-22/h2-6,8-12,14,18H,7,13,15-17H2,1H3,(H,27,30). The second kappa shape index (κ2) is 9.89. The number of aromatic nitrogens is 3. The Bertz CT molecular complexity index is 1150. The molecule has 0 spiro atoms. The van der Waals surface area contributed by atoms with Crippen molar-refractivity contribution in [2.45, 2.75) is 26.3 Å². The minimum absolute atomic E-state index is 0.152. The Labute approximate surface area is 181 Å². The first-order valence-electron chi connectivity index (χ1n) is 10.5. The van der Waals surface area contributed by atoms with Gasteiger partial charge in [-0.1, -0.05) is 30.3 Å². The van der Waals surface area contributed by atoms with Gasteiger partial charge in [-0.2, -0.15) is 0 Å². The van der Waals surface area contributed by atoms with Crippen LogP contribution in [0.3, 0.4) is 0 Å². The molecule has 0 fully saturated rings. The van der Waals surface area contributed by atoms with Crippen molar-refractivity contribution in [3.63, 3.8) is 0 Å². The van der Waals surface area contributed by atoms with Crippen molar-refractivity contribution in [2.75, 3.05) is 13.2 Å². The third-order valence-corrected chi connectivity index (χ3v) is 5.07. The number of benzene rings is 2. The van der Waals surface area contributed by atoms with Crippen molar-refractivity contribution in [2.24, 2.45) is 0 Å². The Balaban J connectivity index is 1.37. The Hall–Kier alpha value is -3.67. The largest absolute Gasteiger partial charge is 0.492 e. The molecular formula is C25H26N4O2. The minimum atomic E-state index is -0.152. The van der Waals surface area contributed by atoms with Crippen LogP contribution in [0.25, 0.3) is 11.0 Å². The third kappa shape index (κ3) is 5.28. The van der Waals surface area contributed by atoms with E-state index >= 15 is 0 Å². The second-order valence-corrected chi connectivity index (χ2v) is 7.41. The van der Waals surface area contributed by atoms with Crippen LogP contribution in [-0.4, -0.2) is 33.6 Å². The van der Waals surface area contributed by atoms with Crippen molar-refractivity contribution in [3.8, 4) is 5.75 Å². The van der Waals surface area contributed by atoms with Gasteiger partial charge in [0.2, 0.25) is 0 Å². The number of aryl methyl sites for hydroxylation is 2. The van der Waals surface area contributed by atoms with Crippen molar-refractivity contribution >= 4 is 16.9 Å². The number of para-hydroxylation sites is 2. The Morgan fingerprint density at radius 3 is 2.77 bits per heavy atom. The van der Waals surface area contributed by atoms with Gasteiger partial charge < -0.3 is 14.6 Å². The summed E-state index contributed by atoms with van der Waals surface area (Å²) in [4.78, 5) is 21.0. The summed E-state index contributed by atoms with van der Waals surface area (Å²) in [6, 6.07) is 21.5. The van der Waals surface area contributed by atoms with Crippen LogP contribution in [0.15, 0.2) is 72.9 Å². The molecule has 0 aliphatic carbocycles. The SMILES string of the molecule is Cc1cccc(OCCn2c(CCCNC(=O)c3ccccn3)nc3ccccc32)c1. The summed E-state index contributed by atoms with van der Waals surface area (Å²) in [5.74, 6) is 1.73. The fraction of sp³-hybridized carbons (Fsp3) is 0.240. The predicted octanol–water partition coefficient (Wildman–Crippen LogP) is 4.18. The van der Waals surface area contributed by atoms with Gasteiger partial charge in [0.1, 0.15) is 23.9 Å². The lowest BCUT2D eigenvalue weighted by molar-refractivity contribution is 0.0948. The van der Waals surface area contributed by atoms with Crippen LogP contribution < -0.4 is 10.1 Å². The van der Waals surface area contributed by atoms with E-state index in [1.54, 1.807) is 18.3 Å². The van der Waals surface area contributed by atoms with Gasteiger partial charge in [-0.3, -0.25) is 9.78 Å². The maximum atomic E-state index is 12.2. The second-order valence-electron chi connectivity index (χ2n) is 7.41. The Morgan fingerprint density at radius 2 is 1.94 bits per heavy atom. The van der Waals surface area contributed by atoms with E-state index in [1.165, 1.54) is 5.56 Å². The normalized spacial score (nSPS) is 10.9. The lowest BCUT2D eigenvalue weighted by atomic mass is 10.2. The predicted molar refractivity (Wildman–Crippen MR) is 121 cm³/mol. The zero-order valence-corrected chi connectivity index (χ0v) is 17.6. The van der Waals surface area contributed by atoms with Crippen molar-refractivity contribution in [1.82, 2.24) is 19.9 Å². The Kier molecular flexibility index (Phi) is 6.57. The third-order valence-electron chi connectivity index (χ3n) is 5.07. The lowest BCUT2D eigenvalue weighted by Gasteiger charge is -2.11. The zero-order chi connectivity index (χ0) is 21.5. The molecule has 6 nitrogen and oxygen atoms in total. The van der Waals surface area contributed by atoms with Crippen LogP contribution in [-0.2, 0) is 13.0 Å². The molecule has 0 radical (unpaired) electrons. The summed E-state index contributed by atoms with van der Waals surface area (Å²) in [5, 5.41) is 2.93. The lowest BCUT2D eigenvalue weighted by Crippen LogP contribution is -2.25. The average Bonchev–Trinajstić information content (AvgIpc) is 3.15. The van der Waals surface area contributed by atoms with E-state index in [2.05, 4.69) is 33.9 Å². The average molecular weight is 415 g/mol. The number of pyridine rings is 1. The summed E-state index contributed by atoms with van der Waals surface area (Å²) >= 11 is 0. The molecule has 1 N–H and O–H groups in total. The number of imidazole rings is 1. The van der Waals surface area contributed by atoms with Crippen molar-refractivity contribution in [3.05, 3.63) is 90.0 Å². The van der Waals surface area contributed by atoms with Gasteiger partial charge >= 0.3 is 0 Å². The summed E-state index contributed by atoms with van der Waals surface area (Å²) in [5.41, 5.74) is 3.69. The zero-order valence-electron chi connectivity index (χ0n) is 17.6. The Morgan fingerprint density at radius 1 is 1.06 bits per heavy atom. The van der Waals surface area contributed by atoms with Crippen LogP contribution in [0.1, 0.15) is 28.3 Å². The van der Waals surface area contributed by atoms with E-state index in [0.717, 1.165) is 35.4 Å². The van der Waals surface area contributed by atoms with E-state index in [4.69, 9.17) is 9.72 Å². The maximum Gasteiger partial charge on any atom is 0.269 e. The van der Waals surface area contributed by atoms with Gasteiger partial charge in [-0.05, 0) is 55.3 Å². The number of hydrogen-bond acceptors (Lipinski definition) is 4.